The van der Waals surface area contributed by atoms with Gasteiger partial charge in [0.25, 0.3) is 0 Å². The molecule has 1 aliphatic heterocycles. The third-order valence-electron chi connectivity index (χ3n) is 5.15. The molecule has 10 heteroatoms. The SMILES string of the molecule is Cc1cc(-c2cnc3c(C)cn(CC(=O)N4CCC4)c3c2)ccc1F.O=C(O)C(F)(F)F. The number of alkyl halides is 3. The van der Waals surface area contributed by atoms with Crippen LogP contribution in [0.3, 0.4) is 0 Å². The van der Waals surface area contributed by atoms with Gasteiger partial charge in [-0.3, -0.25) is 9.78 Å². The first-order valence-corrected chi connectivity index (χ1v) is 9.77. The number of nitrogens with zero attached hydrogens (tertiary/aromatic N) is 3. The Labute approximate surface area is 181 Å². The molecule has 32 heavy (non-hydrogen) atoms. The molecule has 0 atom stereocenters. The number of hydrogen-bond donors (Lipinski definition) is 1. The highest BCUT2D eigenvalue weighted by atomic mass is 19.4. The number of likely N-dealkylation sites (tertiary alicyclic amines) is 1. The highest BCUT2D eigenvalue weighted by molar-refractivity contribution is 5.86. The molecule has 0 saturated carbocycles. The van der Waals surface area contributed by atoms with Gasteiger partial charge in [-0.15, -0.1) is 0 Å². The molecule has 1 aromatic carbocycles. The van der Waals surface area contributed by atoms with Crippen molar-refractivity contribution in [1.29, 1.82) is 0 Å². The molecule has 0 unspecified atom stereocenters. The van der Waals surface area contributed by atoms with E-state index in [2.05, 4.69) is 4.98 Å². The predicted molar refractivity (Wildman–Crippen MR) is 109 cm³/mol. The van der Waals surface area contributed by atoms with Crippen LogP contribution >= 0.6 is 0 Å². The lowest BCUT2D eigenvalue weighted by molar-refractivity contribution is -0.192. The van der Waals surface area contributed by atoms with Gasteiger partial charge in [-0.25, -0.2) is 9.18 Å². The zero-order chi connectivity index (χ0) is 23.6. The second-order valence-corrected chi connectivity index (χ2v) is 7.53. The van der Waals surface area contributed by atoms with E-state index in [4.69, 9.17) is 9.90 Å². The molecule has 1 saturated heterocycles. The average molecular weight is 451 g/mol. The van der Waals surface area contributed by atoms with Crippen LogP contribution in [-0.4, -0.2) is 50.7 Å². The molecule has 170 valence electrons. The molecule has 1 aliphatic rings. The summed E-state index contributed by atoms with van der Waals surface area (Å²) in [6.45, 7) is 5.80. The van der Waals surface area contributed by atoms with Crippen molar-refractivity contribution in [1.82, 2.24) is 14.5 Å². The summed E-state index contributed by atoms with van der Waals surface area (Å²) in [6.07, 6.45) is -0.203. The Morgan fingerprint density at radius 3 is 2.28 bits per heavy atom. The van der Waals surface area contributed by atoms with Gasteiger partial charge >= 0.3 is 12.1 Å². The van der Waals surface area contributed by atoms with Gasteiger partial charge in [0.2, 0.25) is 5.91 Å². The van der Waals surface area contributed by atoms with E-state index in [1.165, 1.54) is 6.07 Å². The average Bonchev–Trinajstić information content (AvgIpc) is 2.97. The molecule has 6 nitrogen and oxygen atoms in total. The minimum atomic E-state index is -5.08. The van der Waals surface area contributed by atoms with E-state index in [0.717, 1.165) is 47.2 Å². The fourth-order valence-corrected chi connectivity index (χ4v) is 3.26. The van der Waals surface area contributed by atoms with E-state index in [1.807, 2.05) is 40.9 Å². The van der Waals surface area contributed by atoms with E-state index in [-0.39, 0.29) is 11.7 Å². The number of carbonyl (C=O) groups is 2. The quantitative estimate of drug-likeness (QED) is 0.602. The number of rotatable bonds is 3. The van der Waals surface area contributed by atoms with Gasteiger partial charge in [-0.2, -0.15) is 13.2 Å². The zero-order valence-electron chi connectivity index (χ0n) is 17.4. The van der Waals surface area contributed by atoms with Crippen LogP contribution in [0.2, 0.25) is 0 Å². The maximum Gasteiger partial charge on any atom is 0.490 e. The van der Waals surface area contributed by atoms with Crippen LogP contribution in [0, 0.1) is 19.7 Å². The molecule has 0 bridgehead atoms. The molecule has 4 rings (SSSR count). The van der Waals surface area contributed by atoms with Gasteiger partial charge in [0.05, 0.1) is 11.0 Å². The van der Waals surface area contributed by atoms with E-state index in [9.17, 15) is 22.4 Å². The molecule has 0 spiro atoms. The fourth-order valence-electron chi connectivity index (χ4n) is 3.26. The maximum absolute atomic E-state index is 13.5. The molecular formula is C22H21F4N3O3. The lowest BCUT2D eigenvalue weighted by Crippen LogP contribution is -2.43. The van der Waals surface area contributed by atoms with Crippen molar-refractivity contribution in [3.63, 3.8) is 0 Å². The van der Waals surface area contributed by atoms with Crippen LogP contribution in [0.1, 0.15) is 17.5 Å². The lowest BCUT2D eigenvalue weighted by Gasteiger charge is -2.31. The van der Waals surface area contributed by atoms with Crippen molar-refractivity contribution in [3.05, 3.63) is 53.6 Å². The standard InChI is InChI=1S/C20H20FN3O.C2HF3O2/c1-13-8-15(4-5-17(13)21)16-9-18-20(22-10-16)14(2)11-24(18)12-19(25)23-6-3-7-23;3-2(4,5)1(6)7/h4-5,8-11H,3,6-7,12H2,1-2H3;(H,6,7). The van der Waals surface area contributed by atoms with Crippen LogP contribution < -0.4 is 0 Å². The Balaban J connectivity index is 0.000000360. The molecule has 1 N–H and O–H groups in total. The summed E-state index contributed by atoms with van der Waals surface area (Å²) >= 11 is 0. The number of hydrogen-bond acceptors (Lipinski definition) is 3. The Bertz CT molecular complexity index is 1170. The third kappa shape index (κ3) is 5.06. The molecular weight excluding hydrogens is 430 g/mol. The number of carboxylic acid groups (broad SMARTS) is 1. The predicted octanol–water partition coefficient (Wildman–Crippen LogP) is 4.32. The number of benzene rings is 1. The van der Waals surface area contributed by atoms with E-state index in [0.29, 0.717) is 12.1 Å². The smallest absolute Gasteiger partial charge is 0.475 e. The second-order valence-electron chi connectivity index (χ2n) is 7.53. The Morgan fingerprint density at radius 2 is 1.75 bits per heavy atom. The van der Waals surface area contributed by atoms with Crippen LogP contribution in [0.5, 0.6) is 0 Å². The highest BCUT2D eigenvalue weighted by Gasteiger charge is 2.38. The number of carboxylic acids is 1. The molecule has 0 aliphatic carbocycles. The van der Waals surface area contributed by atoms with Crippen LogP contribution in [0.25, 0.3) is 22.2 Å². The number of carbonyl (C=O) groups excluding carboxylic acids is 1. The molecule has 1 fully saturated rings. The first-order valence-electron chi connectivity index (χ1n) is 9.77. The minimum absolute atomic E-state index is 0.145. The number of pyridine rings is 1. The summed E-state index contributed by atoms with van der Waals surface area (Å²) in [6, 6.07) is 7.10. The summed E-state index contributed by atoms with van der Waals surface area (Å²) in [4.78, 5) is 27.7. The number of aliphatic carboxylic acids is 1. The lowest BCUT2D eigenvalue weighted by atomic mass is 10.0. The Hall–Kier alpha value is -3.43. The normalized spacial score (nSPS) is 13.4. The van der Waals surface area contributed by atoms with Gasteiger partial charge in [0, 0.05) is 31.0 Å². The Morgan fingerprint density at radius 1 is 1.09 bits per heavy atom. The van der Waals surface area contributed by atoms with Crippen molar-refractivity contribution in [2.24, 2.45) is 0 Å². The summed E-state index contributed by atoms with van der Waals surface area (Å²) in [5.41, 5.74) is 5.34. The number of amides is 1. The third-order valence-corrected chi connectivity index (χ3v) is 5.15. The van der Waals surface area contributed by atoms with E-state index < -0.39 is 12.1 Å². The summed E-state index contributed by atoms with van der Waals surface area (Å²) in [5.74, 6) is -2.82. The van der Waals surface area contributed by atoms with Crippen molar-refractivity contribution >= 4 is 22.9 Å². The molecule has 2 aromatic heterocycles. The van der Waals surface area contributed by atoms with Crippen molar-refractivity contribution in [3.8, 4) is 11.1 Å². The molecule has 3 aromatic rings. The van der Waals surface area contributed by atoms with E-state index in [1.54, 1.807) is 13.0 Å². The second kappa shape index (κ2) is 8.97. The molecule has 3 heterocycles. The number of halogens is 4. The first-order chi connectivity index (χ1) is 15.0. The number of aromatic nitrogens is 2. The minimum Gasteiger partial charge on any atom is -0.475 e. The molecule has 1 amide bonds. The van der Waals surface area contributed by atoms with Gasteiger partial charge in [0.15, 0.2) is 0 Å². The van der Waals surface area contributed by atoms with Crippen molar-refractivity contribution < 1.29 is 32.3 Å². The summed E-state index contributed by atoms with van der Waals surface area (Å²) in [7, 11) is 0. The number of aryl methyl sites for hydroxylation is 2. The summed E-state index contributed by atoms with van der Waals surface area (Å²) in [5, 5.41) is 7.12. The first kappa shape index (κ1) is 23.2. The Kier molecular flexibility index (Phi) is 6.52. The van der Waals surface area contributed by atoms with Gasteiger partial charge < -0.3 is 14.6 Å². The fraction of sp³-hybridized carbons (Fsp3) is 0.318. The topological polar surface area (TPSA) is 75.4 Å². The maximum atomic E-state index is 13.5. The van der Waals surface area contributed by atoms with Crippen LogP contribution in [-0.2, 0) is 16.1 Å². The van der Waals surface area contributed by atoms with Crippen LogP contribution in [0.15, 0.2) is 36.7 Å². The van der Waals surface area contributed by atoms with Gasteiger partial charge in [0.1, 0.15) is 12.4 Å². The highest BCUT2D eigenvalue weighted by Crippen LogP contribution is 2.27. The van der Waals surface area contributed by atoms with Crippen molar-refractivity contribution in [2.45, 2.75) is 33.0 Å². The van der Waals surface area contributed by atoms with Gasteiger partial charge in [-0.1, -0.05) is 6.07 Å². The van der Waals surface area contributed by atoms with Gasteiger partial charge in [-0.05, 0) is 55.2 Å². The summed E-state index contributed by atoms with van der Waals surface area (Å²) < 4.78 is 47.2. The largest absolute Gasteiger partial charge is 0.490 e. The monoisotopic (exact) mass is 451 g/mol. The molecule has 0 radical (unpaired) electrons. The van der Waals surface area contributed by atoms with Crippen LogP contribution in [0.4, 0.5) is 17.6 Å². The van der Waals surface area contributed by atoms with E-state index >= 15 is 0 Å². The zero-order valence-corrected chi connectivity index (χ0v) is 17.4. The van der Waals surface area contributed by atoms with Crippen molar-refractivity contribution in [2.75, 3.05) is 13.1 Å². The number of fused-ring (bicyclic) bond motifs is 1.